The first-order valence-corrected chi connectivity index (χ1v) is 20.2. The van der Waals surface area contributed by atoms with Crippen molar-refractivity contribution in [3.8, 4) is 11.1 Å². The largest absolute Gasteiger partial charge is 0.480 e. The molecule has 0 spiro atoms. The van der Waals surface area contributed by atoms with E-state index in [-0.39, 0.29) is 56.9 Å². The van der Waals surface area contributed by atoms with E-state index in [1.165, 1.54) is 0 Å². The Morgan fingerprint density at radius 1 is 0.738 bits per heavy atom. The first kappa shape index (κ1) is 49.5. The number of nitrogens with one attached hydrogen (secondary N) is 5. The molecule has 2 aromatic rings. The number of rotatable bonds is 14. The molecule has 0 radical (unpaired) electrons. The van der Waals surface area contributed by atoms with Crippen molar-refractivity contribution in [1.82, 2.24) is 31.7 Å². The molecule has 2 atom stereocenters. The van der Waals surface area contributed by atoms with Gasteiger partial charge >= 0.3 is 30.3 Å². The number of hydrazine groups is 1. The molecule has 2 aromatic carbocycles. The highest BCUT2D eigenvalue weighted by molar-refractivity contribution is 6.01. The lowest BCUT2D eigenvalue weighted by Crippen LogP contribution is -2.59. The van der Waals surface area contributed by atoms with E-state index < -0.39 is 65.1 Å². The molecule has 18 nitrogen and oxygen atoms in total. The Morgan fingerprint density at radius 3 is 1.74 bits per heavy atom. The van der Waals surface area contributed by atoms with E-state index in [2.05, 4.69) is 31.7 Å². The number of amides is 6. The zero-order valence-electron chi connectivity index (χ0n) is 37.1. The molecule has 0 aliphatic heterocycles. The van der Waals surface area contributed by atoms with Crippen LogP contribution in [-0.2, 0) is 28.5 Å². The monoisotopic (exact) mass is 853 g/mol. The fraction of sp³-hybridized carbons (Fsp3) is 0.558. The summed E-state index contributed by atoms with van der Waals surface area (Å²) in [5.74, 6) is -2.88. The van der Waals surface area contributed by atoms with Crippen molar-refractivity contribution in [1.29, 1.82) is 0 Å². The van der Waals surface area contributed by atoms with Gasteiger partial charge < -0.3 is 34.7 Å². The summed E-state index contributed by atoms with van der Waals surface area (Å²) in [6, 6.07) is 12.0. The van der Waals surface area contributed by atoms with Crippen molar-refractivity contribution in [2.75, 3.05) is 26.3 Å². The Morgan fingerprint density at radius 2 is 1.26 bits per heavy atom. The molecule has 6 N–H and O–H groups in total. The summed E-state index contributed by atoms with van der Waals surface area (Å²) >= 11 is 0. The van der Waals surface area contributed by atoms with E-state index in [0.29, 0.717) is 0 Å². The second kappa shape index (κ2) is 21.6. The van der Waals surface area contributed by atoms with Crippen LogP contribution < -0.4 is 26.7 Å². The Hall–Kier alpha value is -5.91. The molecule has 61 heavy (non-hydrogen) atoms. The van der Waals surface area contributed by atoms with E-state index in [9.17, 15) is 33.9 Å². The summed E-state index contributed by atoms with van der Waals surface area (Å²) in [4.78, 5) is 82.5. The van der Waals surface area contributed by atoms with Gasteiger partial charge in [0, 0.05) is 19.0 Å². The molecule has 0 bridgehead atoms. The molecule has 0 aromatic heterocycles. The molecule has 1 aliphatic carbocycles. The minimum Gasteiger partial charge on any atom is -0.480 e. The molecule has 0 fully saturated rings. The molecular formula is C43H63N7O11. The van der Waals surface area contributed by atoms with Gasteiger partial charge in [0.2, 0.25) is 5.96 Å². The van der Waals surface area contributed by atoms with Crippen LogP contribution in [0.25, 0.3) is 11.1 Å². The number of hydrogen-bond acceptors (Lipinski definition) is 11. The third kappa shape index (κ3) is 17.3. The number of aliphatic imine (C=N–C) groups is 1. The molecule has 1 aliphatic rings. The van der Waals surface area contributed by atoms with Crippen LogP contribution in [0.15, 0.2) is 53.5 Å². The van der Waals surface area contributed by atoms with Gasteiger partial charge in [0.05, 0.1) is 12.2 Å². The first-order valence-electron chi connectivity index (χ1n) is 20.2. The predicted octanol–water partition coefficient (Wildman–Crippen LogP) is 6.05. The summed E-state index contributed by atoms with van der Waals surface area (Å²) in [6.07, 6.45) is -2.67. The smallest absolute Gasteiger partial charge is 0.414 e. The molecule has 0 saturated heterocycles. The van der Waals surface area contributed by atoms with Gasteiger partial charge in [-0.2, -0.15) is 0 Å². The number of carboxylic acids is 1. The maximum atomic E-state index is 14.0. The Balaban J connectivity index is 1.84. The summed E-state index contributed by atoms with van der Waals surface area (Å²) < 4.78 is 21.9. The van der Waals surface area contributed by atoms with Gasteiger partial charge in [0.1, 0.15) is 23.9 Å². The van der Waals surface area contributed by atoms with Crippen LogP contribution in [0.5, 0.6) is 0 Å². The van der Waals surface area contributed by atoms with Crippen LogP contribution in [0.2, 0.25) is 0 Å². The van der Waals surface area contributed by atoms with Crippen LogP contribution in [0.4, 0.5) is 19.2 Å². The number of carbonyl (C=O) groups excluding carboxylic acids is 5. The van der Waals surface area contributed by atoms with E-state index in [1.54, 1.807) is 76.2 Å². The van der Waals surface area contributed by atoms with Gasteiger partial charge in [0.25, 0.3) is 5.91 Å². The third-order valence-corrected chi connectivity index (χ3v) is 8.43. The standard InChI is InChI=1S/C43H63N7O11/c1-26(2)23-50(37(54)45-33(35(52)53)25-59-41(3,4)5)49-34(51)32(21-16-22-44-36(47-39(56)60-42(6,7)8)48-40(57)61-43(9,10)11)46-38(55)58-24-31-29-19-14-12-17-27(29)28-18-13-15-20-30(28)31/h12-15,17-20,26,31-33H,16,21-25H2,1-11H3,(H,45,54)(H,46,55)(H,49,51)(H,52,53)(H2,44,47,48,56,57). The number of ether oxygens (including phenoxy) is 4. The molecule has 2 unspecified atom stereocenters. The maximum Gasteiger partial charge on any atom is 0.414 e. The molecule has 6 amide bonds. The van der Waals surface area contributed by atoms with Crippen molar-refractivity contribution < 1.29 is 52.8 Å². The maximum absolute atomic E-state index is 14.0. The summed E-state index contributed by atoms with van der Waals surface area (Å²) in [7, 11) is 0. The van der Waals surface area contributed by atoms with Crippen molar-refractivity contribution in [2.45, 2.75) is 124 Å². The van der Waals surface area contributed by atoms with Crippen LogP contribution in [-0.4, -0.2) is 107 Å². The normalized spacial score (nSPS) is 13.4. The number of hydrogen-bond donors (Lipinski definition) is 6. The Kier molecular flexibility index (Phi) is 17.5. The molecule has 3 rings (SSSR count). The lowest BCUT2D eigenvalue weighted by molar-refractivity contribution is -0.142. The van der Waals surface area contributed by atoms with E-state index in [4.69, 9.17) is 18.9 Å². The molecule has 336 valence electrons. The highest BCUT2D eigenvalue weighted by Gasteiger charge is 2.32. The van der Waals surface area contributed by atoms with Crippen LogP contribution in [0, 0.1) is 5.92 Å². The fourth-order valence-electron chi connectivity index (χ4n) is 5.94. The number of carbonyl (C=O) groups is 6. The van der Waals surface area contributed by atoms with E-state index in [0.717, 1.165) is 27.3 Å². The van der Waals surface area contributed by atoms with Crippen LogP contribution in [0.1, 0.15) is 106 Å². The number of aliphatic carboxylic acids is 1. The number of urea groups is 1. The van der Waals surface area contributed by atoms with Gasteiger partial charge in [-0.3, -0.25) is 25.8 Å². The number of nitrogens with zero attached hydrogens (tertiary/aromatic N) is 2. The average Bonchev–Trinajstić information content (AvgIpc) is 3.44. The van der Waals surface area contributed by atoms with E-state index >= 15 is 0 Å². The second-order valence-corrected chi connectivity index (χ2v) is 17.9. The first-order chi connectivity index (χ1) is 28.3. The Bertz CT molecular complexity index is 1820. The Labute approximate surface area is 357 Å². The number of carboxylic acid groups (broad SMARTS) is 1. The second-order valence-electron chi connectivity index (χ2n) is 17.9. The summed E-state index contributed by atoms with van der Waals surface area (Å²) in [5.41, 5.74) is 4.17. The van der Waals surface area contributed by atoms with E-state index in [1.807, 2.05) is 48.5 Å². The zero-order valence-corrected chi connectivity index (χ0v) is 37.1. The van der Waals surface area contributed by atoms with Crippen molar-refractivity contribution in [2.24, 2.45) is 10.9 Å². The topological polar surface area (TPSA) is 235 Å². The highest BCUT2D eigenvalue weighted by atomic mass is 16.6. The highest BCUT2D eigenvalue weighted by Crippen LogP contribution is 2.44. The summed E-state index contributed by atoms with van der Waals surface area (Å²) in [6.45, 7) is 18.3. The third-order valence-electron chi connectivity index (χ3n) is 8.43. The van der Waals surface area contributed by atoms with Gasteiger partial charge in [0.15, 0.2) is 6.04 Å². The molecule has 0 saturated carbocycles. The van der Waals surface area contributed by atoms with Gasteiger partial charge in [-0.15, -0.1) is 0 Å². The SMILES string of the molecule is CC(C)CN(NC(=O)C(CCCN=C(NC(=O)OC(C)(C)C)NC(=O)OC(C)(C)C)NC(=O)OCC1c2ccccc2-c2ccccc21)C(=O)NC(COC(C)(C)C)C(=O)O. The lowest BCUT2D eigenvalue weighted by atomic mass is 9.98. The fourth-order valence-corrected chi connectivity index (χ4v) is 5.94. The minimum absolute atomic E-state index is 0.0258. The molecule has 18 heteroatoms. The van der Waals surface area contributed by atoms with Gasteiger partial charge in [-0.05, 0) is 103 Å². The number of alkyl carbamates (subject to hydrolysis) is 3. The van der Waals surface area contributed by atoms with Crippen molar-refractivity contribution in [3.05, 3.63) is 59.7 Å². The number of fused-ring (bicyclic) bond motifs is 3. The van der Waals surface area contributed by atoms with Gasteiger partial charge in [-0.25, -0.2) is 29.0 Å². The number of benzene rings is 2. The molecular weight excluding hydrogens is 791 g/mol. The minimum atomic E-state index is -1.44. The zero-order chi connectivity index (χ0) is 45.7. The van der Waals surface area contributed by atoms with Crippen molar-refractivity contribution >= 4 is 42.1 Å². The number of guanidine groups is 1. The molecule has 0 heterocycles. The van der Waals surface area contributed by atoms with Crippen LogP contribution in [0.3, 0.4) is 0 Å². The van der Waals surface area contributed by atoms with Gasteiger partial charge in [-0.1, -0.05) is 62.4 Å². The predicted molar refractivity (Wildman–Crippen MR) is 228 cm³/mol. The summed E-state index contributed by atoms with van der Waals surface area (Å²) in [5, 5.41) is 20.6. The lowest BCUT2D eigenvalue weighted by Gasteiger charge is -2.29. The quantitative estimate of drug-likeness (QED) is 0.0421. The van der Waals surface area contributed by atoms with Crippen LogP contribution >= 0.6 is 0 Å². The average molecular weight is 854 g/mol. The van der Waals surface area contributed by atoms with Crippen molar-refractivity contribution in [3.63, 3.8) is 0 Å².